The van der Waals surface area contributed by atoms with Crippen LogP contribution in [-0.4, -0.2) is 22.7 Å². The van der Waals surface area contributed by atoms with E-state index in [1.165, 1.54) is 0 Å². The summed E-state index contributed by atoms with van der Waals surface area (Å²) >= 11 is 1.56. The number of rotatable bonds is 4. The van der Waals surface area contributed by atoms with Crippen molar-refractivity contribution in [2.24, 2.45) is 0 Å². The second-order valence-electron chi connectivity index (χ2n) is 4.17. The van der Waals surface area contributed by atoms with Crippen LogP contribution in [0.15, 0.2) is 48.5 Å². The van der Waals surface area contributed by atoms with E-state index in [1.54, 1.807) is 17.4 Å². The number of aromatic nitrogens is 1. The molecule has 3 rings (SSSR count). The third-order valence-corrected chi connectivity index (χ3v) is 3.83. The SMILES string of the molecule is O=C(O)COc1ccccc1-c1nc2ccccc2s1. The van der Waals surface area contributed by atoms with Gasteiger partial charge in [-0.2, -0.15) is 0 Å². The molecule has 0 saturated heterocycles. The monoisotopic (exact) mass is 285 g/mol. The second kappa shape index (κ2) is 5.30. The van der Waals surface area contributed by atoms with Gasteiger partial charge in [0.2, 0.25) is 0 Å². The first kappa shape index (κ1) is 12.6. The average Bonchev–Trinajstić information content (AvgIpc) is 2.89. The summed E-state index contributed by atoms with van der Waals surface area (Å²) < 4.78 is 6.41. The molecule has 0 atom stereocenters. The molecule has 2 aromatic carbocycles. The molecule has 0 aliphatic carbocycles. The van der Waals surface area contributed by atoms with Crippen LogP contribution in [0, 0.1) is 0 Å². The van der Waals surface area contributed by atoms with Crippen molar-refractivity contribution >= 4 is 27.5 Å². The average molecular weight is 285 g/mol. The number of thiazole rings is 1. The lowest BCUT2D eigenvalue weighted by molar-refractivity contribution is -0.139. The Kier molecular flexibility index (Phi) is 3.35. The highest BCUT2D eigenvalue weighted by atomic mass is 32.1. The first-order chi connectivity index (χ1) is 9.74. The van der Waals surface area contributed by atoms with Gasteiger partial charge < -0.3 is 9.84 Å². The standard InChI is InChI=1S/C15H11NO3S/c17-14(18)9-19-12-7-3-1-5-10(12)15-16-11-6-2-4-8-13(11)20-15/h1-8H,9H2,(H,17,18). The number of carboxylic acids is 1. The van der Waals surface area contributed by atoms with Crippen molar-refractivity contribution in [2.45, 2.75) is 0 Å². The number of para-hydroxylation sites is 2. The van der Waals surface area contributed by atoms with E-state index in [-0.39, 0.29) is 6.61 Å². The molecule has 0 saturated carbocycles. The fraction of sp³-hybridized carbons (Fsp3) is 0.0667. The number of benzene rings is 2. The molecule has 0 radical (unpaired) electrons. The van der Waals surface area contributed by atoms with Crippen LogP contribution in [-0.2, 0) is 4.79 Å². The molecule has 0 amide bonds. The first-order valence-electron chi connectivity index (χ1n) is 6.03. The number of ether oxygens (including phenoxy) is 1. The van der Waals surface area contributed by atoms with Crippen molar-refractivity contribution in [2.75, 3.05) is 6.61 Å². The van der Waals surface area contributed by atoms with E-state index in [2.05, 4.69) is 4.98 Å². The maximum atomic E-state index is 10.6. The van der Waals surface area contributed by atoms with Crippen molar-refractivity contribution in [3.63, 3.8) is 0 Å². The van der Waals surface area contributed by atoms with Gasteiger partial charge in [0, 0.05) is 0 Å². The highest BCUT2D eigenvalue weighted by molar-refractivity contribution is 7.21. The molecule has 0 fully saturated rings. The number of fused-ring (bicyclic) bond motifs is 1. The Morgan fingerprint density at radius 1 is 1.15 bits per heavy atom. The Hall–Kier alpha value is -2.40. The van der Waals surface area contributed by atoms with Gasteiger partial charge in [0.15, 0.2) is 6.61 Å². The topological polar surface area (TPSA) is 59.4 Å². The lowest BCUT2D eigenvalue weighted by Crippen LogP contribution is -2.09. The van der Waals surface area contributed by atoms with E-state index in [9.17, 15) is 4.79 Å². The van der Waals surface area contributed by atoms with Gasteiger partial charge in [-0.25, -0.2) is 9.78 Å². The molecule has 3 aromatic rings. The fourth-order valence-corrected chi connectivity index (χ4v) is 2.89. The van der Waals surface area contributed by atoms with Crippen LogP contribution in [0.25, 0.3) is 20.8 Å². The molecule has 0 unspecified atom stereocenters. The zero-order valence-electron chi connectivity index (χ0n) is 10.4. The van der Waals surface area contributed by atoms with Gasteiger partial charge in [0.25, 0.3) is 0 Å². The molecule has 20 heavy (non-hydrogen) atoms. The molecule has 0 aliphatic heterocycles. The zero-order valence-corrected chi connectivity index (χ0v) is 11.3. The summed E-state index contributed by atoms with van der Waals surface area (Å²) in [6.07, 6.45) is 0. The summed E-state index contributed by atoms with van der Waals surface area (Å²) in [5, 5.41) is 9.54. The van der Waals surface area contributed by atoms with Crippen molar-refractivity contribution in [1.82, 2.24) is 4.98 Å². The molecule has 1 N–H and O–H groups in total. The minimum atomic E-state index is -0.996. The Labute approximate surface area is 119 Å². The maximum absolute atomic E-state index is 10.6. The molecule has 4 nitrogen and oxygen atoms in total. The summed E-state index contributed by atoms with van der Waals surface area (Å²) in [5.74, 6) is -0.460. The Morgan fingerprint density at radius 3 is 2.70 bits per heavy atom. The minimum absolute atomic E-state index is 0.359. The summed E-state index contributed by atoms with van der Waals surface area (Å²) in [4.78, 5) is 15.2. The van der Waals surface area contributed by atoms with Gasteiger partial charge in [-0.05, 0) is 24.3 Å². The summed E-state index contributed by atoms with van der Waals surface area (Å²) in [7, 11) is 0. The molecule has 0 aliphatic rings. The fourth-order valence-electron chi connectivity index (χ4n) is 1.90. The quantitative estimate of drug-likeness (QED) is 0.798. The Balaban J connectivity index is 2.02. The van der Waals surface area contributed by atoms with Crippen LogP contribution in [0.2, 0.25) is 0 Å². The molecular weight excluding hydrogens is 274 g/mol. The van der Waals surface area contributed by atoms with Crippen LogP contribution in [0.1, 0.15) is 0 Å². The van der Waals surface area contributed by atoms with Crippen LogP contribution >= 0.6 is 11.3 Å². The zero-order chi connectivity index (χ0) is 13.9. The van der Waals surface area contributed by atoms with Crippen LogP contribution in [0.5, 0.6) is 5.75 Å². The Bertz CT molecular complexity index is 733. The van der Waals surface area contributed by atoms with Gasteiger partial charge >= 0.3 is 5.97 Å². The maximum Gasteiger partial charge on any atom is 0.341 e. The van der Waals surface area contributed by atoms with E-state index in [1.807, 2.05) is 42.5 Å². The van der Waals surface area contributed by atoms with Crippen molar-refractivity contribution in [3.05, 3.63) is 48.5 Å². The normalized spacial score (nSPS) is 10.6. The van der Waals surface area contributed by atoms with Crippen molar-refractivity contribution in [1.29, 1.82) is 0 Å². The van der Waals surface area contributed by atoms with E-state index in [0.29, 0.717) is 5.75 Å². The van der Waals surface area contributed by atoms with E-state index < -0.39 is 5.97 Å². The lowest BCUT2D eigenvalue weighted by atomic mass is 10.2. The lowest BCUT2D eigenvalue weighted by Gasteiger charge is -2.07. The largest absolute Gasteiger partial charge is 0.481 e. The van der Waals surface area contributed by atoms with Crippen LogP contribution in [0.4, 0.5) is 0 Å². The van der Waals surface area contributed by atoms with Gasteiger partial charge in [0.1, 0.15) is 10.8 Å². The summed E-state index contributed by atoms with van der Waals surface area (Å²) in [6.45, 7) is -0.359. The number of hydrogen-bond acceptors (Lipinski definition) is 4. The van der Waals surface area contributed by atoms with Crippen LogP contribution < -0.4 is 4.74 Å². The summed E-state index contributed by atoms with van der Waals surface area (Å²) in [5.41, 5.74) is 1.75. The first-order valence-corrected chi connectivity index (χ1v) is 6.85. The number of aliphatic carboxylic acids is 1. The highest BCUT2D eigenvalue weighted by Crippen LogP contribution is 2.35. The third-order valence-electron chi connectivity index (χ3n) is 2.76. The molecule has 1 heterocycles. The van der Waals surface area contributed by atoms with Gasteiger partial charge in [-0.15, -0.1) is 11.3 Å². The smallest absolute Gasteiger partial charge is 0.341 e. The molecule has 1 aromatic heterocycles. The van der Waals surface area contributed by atoms with E-state index in [0.717, 1.165) is 20.8 Å². The predicted molar refractivity (Wildman–Crippen MR) is 78.2 cm³/mol. The van der Waals surface area contributed by atoms with E-state index >= 15 is 0 Å². The highest BCUT2D eigenvalue weighted by Gasteiger charge is 2.11. The van der Waals surface area contributed by atoms with Gasteiger partial charge in [-0.3, -0.25) is 0 Å². The molecule has 0 spiro atoms. The third kappa shape index (κ3) is 2.48. The molecule has 100 valence electrons. The number of nitrogens with zero attached hydrogens (tertiary/aromatic N) is 1. The Morgan fingerprint density at radius 2 is 1.90 bits per heavy atom. The minimum Gasteiger partial charge on any atom is -0.481 e. The molecule has 0 bridgehead atoms. The predicted octanol–water partition coefficient (Wildman–Crippen LogP) is 3.43. The summed E-state index contributed by atoms with van der Waals surface area (Å²) in [6, 6.07) is 15.2. The number of hydrogen-bond donors (Lipinski definition) is 1. The molecular formula is C15H11NO3S. The van der Waals surface area contributed by atoms with E-state index in [4.69, 9.17) is 9.84 Å². The number of carboxylic acid groups (broad SMARTS) is 1. The van der Waals surface area contributed by atoms with Crippen molar-refractivity contribution < 1.29 is 14.6 Å². The molecule has 5 heteroatoms. The van der Waals surface area contributed by atoms with Crippen molar-refractivity contribution in [3.8, 4) is 16.3 Å². The number of carbonyl (C=O) groups is 1. The second-order valence-corrected chi connectivity index (χ2v) is 5.20. The van der Waals surface area contributed by atoms with Gasteiger partial charge in [-0.1, -0.05) is 24.3 Å². The van der Waals surface area contributed by atoms with Crippen LogP contribution in [0.3, 0.4) is 0 Å². The van der Waals surface area contributed by atoms with Gasteiger partial charge in [0.05, 0.1) is 15.8 Å².